The van der Waals surface area contributed by atoms with Crippen LogP contribution in [0.2, 0.25) is 0 Å². The van der Waals surface area contributed by atoms with E-state index in [1.165, 1.54) is 0 Å². The molecule has 0 aliphatic heterocycles. The van der Waals surface area contributed by atoms with E-state index >= 15 is 0 Å². The van der Waals surface area contributed by atoms with Crippen molar-refractivity contribution < 1.29 is 13.6 Å². The average molecular weight is 250 g/mol. The molecular weight excluding hydrogens is 223 g/mol. The first-order chi connectivity index (χ1) is 7.64. The van der Waals surface area contributed by atoms with Gasteiger partial charge < -0.3 is 9.05 Å². The molecule has 0 amide bonds. The molecule has 0 saturated heterocycles. The number of unbranched alkanes of at least 4 members (excludes halogenated alkanes) is 1. The second-order valence-electron chi connectivity index (χ2n) is 3.96. The van der Waals surface area contributed by atoms with Crippen LogP contribution in [0.25, 0.3) is 0 Å². The van der Waals surface area contributed by atoms with Crippen molar-refractivity contribution in [2.45, 2.75) is 65.5 Å². The Balaban J connectivity index is 4.56. The molecule has 0 radical (unpaired) electrons. The molecule has 0 aliphatic rings. The predicted molar refractivity (Wildman–Crippen MR) is 69.1 cm³/mol. The Morgan fingerprint density at radius 3 is 1.88 bits per heavy atom. The fourth-order valence-electron chi connectivity index (χ4n) is 1.84. The Bertz CT molecular complexity index is 196. The van der Waals surface area contributed by atoms with E-state index in [2.05, 4.69) is 13.8 Å². The SMILES string of the molecule is CCCCC(CCC)P(=O)(OCC)OCC. The van der Waals surface area contributed by atoms with Crippen LogP contribution in [0, 0.1) is 0 Å². The minimum absolute atomic E-state index is 0.0809. The average Bonchev–Trinajstić information content (AvgIpc) is 2.24. The normalized spacial score (nSPS) is 14.0. The fraction of sp³-hybridized carbons (Fsp3) is 1.00. The summed E-state index contributed by atoms with van der Waals surface area (Å²) in [5.41, 5.74) is 0.0809. The lowest BCUT2D eigenvalue weighted by atomic mass is 10.1. The highest BCUT2D eigenvalue weighted by Crippen LogP contribution is 2.56. The molecule has 1 atom stereocenters. The maximum absolute atomic E-state index is 12.6. The molecule has 0 spiro atoms. The molecule has 1 unspecified atom stereocenters. The van der Waals surface area contributed by atoms with E-state index in [0.717, 1.165) is 32.1 Å². The van der Waals surface area contributed by atoms with Crippen LogP contribution in [0.5, 0.6) is 0 Å². The lowest BCUT2D eigenvalue weighted by Gasteiger charge is -2.26. The monoisotopic (exact) mass is 250 g/mol. The number of rotatable bonds is 10. The zero-order chi connectivity index (χ0) is 12.4. The second-order valence-corrected chi connectivity index (χ2v) is 6.29. The standard InChI is InChI=1S/C12H27O3P/c1-5-9-11-12(10-6-2)16(13,14-7-3)15-8-4/h12H,5-11H2,1-4H3. The third kappa shape index (κ3) is 5.47. The Morgan fingerprint density at radius 1 is 0.938 bits per heavy atom. The highest BCUT2D eigenvalue weighted by Gasteiger charge is 2.33. The lowest BCUT2D eigenvalue weighted by molar-refractivity contribution is 0.208. The van der Waals surface area contributed by atoms with Gasteiger partial charge in [0.15, 0.2) is 0 Å². The van der Waals surface area contributed by atoms with Gasteiger partial charge in [0.25, 0.3) is 0 Å². The van der Waals surface area contributed by atoms with Crippen LogP contribution in [0.3, 0.4) is 0 Å². The van der Waals surface area contributed by atoms with Gasteiger partial charge >= 0.3 is 7.60 Å². The molecule has 3 nitrogen and oxygen atoms in total. The van der Waals surface area contributed by atoms with Crippen molar-refractivity contribution >= 4 is 7.60 Å². The third-order valence-electron chi connectivity index (χ3n) is 2.58. The Labute approximate surface area is 100 Å². The van der Waals surface area contributed by atoms with Crippen molar-refractivity contribution in [2.75, 3.05) is 13.2 Å². The van der Waals surface area contributed by atoms with Gasteiger partial charge in [-0.05, 0) is 26.7 Å². The van der Waals surface area contributed by atoms with Crippen molar-refractivity contribution in [3.05, 3.63) is 0 Å². The molecule has 0 aliphatic carbocycles. The maximum Gasteiger partial charge on any atom is 0.333 e. The van der Waals surface area contributed by atoms with Crippen molar-refractivity contribution in [2.24, 2.45) is 0 Å². The fourth-order valence-corrected chi connectivity index (χ4v) is 4.13. The van der Waals surface area contributed by atoms with Crippen LogP contribution in [0.15, 0.2) is 0 Å². The van der Waals surface area contributed by atoms with Gasteiger partial charge in [-0.1, -0.05) is 33.1 Å². The molecule has 0 heterocycles. The lowest BCUT2D eigenvalue weighted by Crippen LogP contribution is -2.13. The van der Waals surface area contributed by atoms with Gasteiger partial charge in [-0.2, -0.15) is 0 Å². The summed E-state index contributed by atoms with van der Waals surface area (Å²) in [5.74, 6) is 0. The van der Waals surface area contributed by atoms with Crippen LogP contribution < -0.4 is 0 Å². The predicted octanol–water partition coefficient (Wildman–Crippen LogP) is 4.61. The van der Waals surface area contributed by atoms with Gasteiger partial charge in [-0.3, -0.25) is 4.57 Å². The molecular formula is C12H27O3P. The Kier molecular flexibility index (Phi) is 9.29. The minimum Gasteiger partial charge on any atom is -0.309 e. The van der Waals surface area contributed by atoms with Crippen molar-refractivity contribution in [1.82, 2.24) is 0 Å². The molecule has 0 aromatic carbocycles. The third-order valence-corrected chi connectivity index (χ3v) is 5.23. The Hall–Kier alpha value is 0.150. The summed E-state index contributed by atoms with van der Waals surface area (Å²) in [7, 11) is -2.88. The van der Waals surface area contributed by atoms with Crippen molar-refractivity contribution in [1.29, 1.82) is 0 Å². The van der Waals surface area contributed by atoms with Gasteiger partial charge in [-0.15, -0.1) is 0 Å². The quantitative estimate of drug-likeness (QED) is 0.531. The summed E-state index contributed by atoms with van der Waals surface area (Å²) in [6, 6.07) is 0. The van der Waals surface area contributed by atoms with E-state index in [9.17, 15) is 4.57 Å². The first-order valence-corrected chi connectivity index (χ1v) is 8.14. The molecule has 0 rings (SSSR count). The molecule has 98 valence electrons. The van der Waals surface area contributed by atoms with E-state index in [1.54, 1.807) is 0 Å². The summed E-state index contributed by atoms with van der Waals surface area (Å²) in [5, 5.41) is 0. The van der Waals surface area contributed by atoms with Crippen LogP contribution >= 0.6 is 7.60 Å². The second kappa shape index (κ2) is 9.21. The molecule has 16 heavy (non-hydrogen) atoms. The first-order valence-electron chi connectivity index (χ1n) is 6.53. The van der Waals surface area contributed by atoms with E-state index in [4.69, 9.17) is 9.05 Å². The van der Waals surface area contributed by atoms with Gasteiger partial charge in [-0.25, -0.2) is 0 Å². The number of hydrogen-bond donors (Lipinski definition) is 0. The molecule has 0 saturated carbocycles. The smallest absolute Gasteiger partial charge is 0.309 e. The van der Waals surface area contributed by atoms with E-state index in [1.807, 2.05) is 13.8 Å². The molecule has 0 bridgehead atoms. The van der Waals surface area contributed by atoms with Crippen LogP contribution in [-0.2, 0) is 13.6 Å². The van der Waals surface area contributed by atoms with Crippen LogP contribution in [0.1, 0.15) is 59.8 Å². The van der Waals surface area contributed by atoms with Gasteiger partial charge in [0.1, 0.15) is 0 Å². The molecule has 4 heteroatoms. The van der Waals surface area contributed by atoms with Gasteiger partial charge in [0, 0.05) is 0 Å². The Morgan fingerprint density at radius 2 is 1.50 bits per heavy atom. The van der Waals surface area contributed by atoms with E-state index in [0.29, 0.717) is 13.2 Å². The maximum atomic E-state index is 12.6. The van der Waals surface area contributed by atoms with E-state index in [-0.39, 0.29) is 5.66 Å². The largest absolute Gasteiger partial charge is 0.333 e. The number of hydrogen-bond acceptors (Lipinski definition) is 3. The summed E-state index contributed by atoms with van der Waals surface area (Å²) >= 11 is 0. The highest BCUT2D eigenvalue weighted by atomic mass is 31.2. The van der Waals surface area contributed by atoms with Crippen molar-refractivity contribution in [3.63, 3.8) is 0 Å². The first kappa shape index (κ1) is 16.1. The molecule has 0 fully saturated rings. The zero-order valence-electron chi connectivity index (χ0n) is 11.2. The van der Waals surface area contributed by atoms with Gasteiger partial charge in [0.05, 0.1) is 18.9 Å². The van der Waals surface area contributed by atoms with E-state index < -0.39 is 7.60 Å². The minimum atomic E-state index is -2.88. The summed E-state index contributed by atoms with van der Waals surface area (Å²) in [4.78, 5) is 0. The van der Waals surface area contributed by atoms with Crippen molar-refractivity contribution in [3.8, 4) is 0 Å². The summed E-state index contributed by atoms with van der Waals surface area (Å²) in [6.07, 6.45) is 5.12. The van der Waals surface area contributed by atoms with Gasteiger partial charge in [0.2, 0.25) is 0 Å². The summed E-state index contributed by atoms with van der Waals surface area (Å²) in [6.45, 7) is 8.92. The summed E-state index contributed by atoms with van der Waals surface area (Å²) < 4.78 is 23.4. The molecule has 0 N–H and O–H groups in total. The highest BCUT2D eigenvalue weighted by molar-refractivity contribution is 7.54. The van der Waals surface area contributed by atoms with Crippen LogP contribution in [-0.4, -0.2) is 18.9 Å². The zero-order valence-corrected chi connectivity index (χ0v) is 12.1. The van der Waals surface area contributed by atoms with Crippen LogP contribution in [0.4, 0.5) is 0 Å². The molecule has 0 aromatic rings. The molecule has 0 aromatic heterocycles. The topological polar surface area (TPSA) is 35.5 Å².